The Kier molecular flexibility index (Phi) is 37.5. The number of hydrogen-bond donors (Lipinski definition) is 9. The number of hydrogen-bond acceptors (Lipinski definition) is 13. The van der Waals surface area contributed by atoms with Crippen molar-refractivity contribution in [1.82, 2.24) is 5.32 Å². The Bertz CT molecular complexity index is 1390. The third-order valence-electron chi connectivity index (χ3n) is 12.9. The molecule has 2 rings (SSSR count). The van der Waals surface area contributed by atoms with Crippen LogP contribution in [0.3, 0.4) is 0 Å². The van der Waals surface area contributed by atoms with E-state index in [9.17, 15) is 45.6 Å². The van der Waals surface area contributed by atoms with E-state index in [1.807, 2.05) is 6.08 Å². The van der Waals surface area contributed by atoms with E-state index < -0.39 is 86.8 Å². The Balaban J connectivity index is 1.86. The highest BCUT2D eigenvalue weighted by molar-refractivity contribution is 5.76. The molecule has 12 atom stereocenters. The summed E-state index contributed by atoms with van der Waals surface area (Å²) in [5.41, 5.74) is 0. The average Bonchev–Trinajstić information content (AvgIpc) is 3.35. The number of allylic oxidation sites excluding steroid dienone is 9. The van der Waals surface area contributed by atoms with E-state index in [0.717, 1.165) is 64.2 Å². The third kappa shape index (κ3) is 27.9. The maximum atomic E-state index is 13.2. The normalized spacial score (nSPS) is 26.6. The molecular weight excluding hydrogens is 883 g/mol. The van der Waals surface area contributed by atoms with Crippen LogP contribution in [-0.4, -0.2) is 140 Å². The molecule has 0 bridgehead atoms. The van der Waals surface area contributed by atoms with Gasteiger partial charge in [0.05, 0.1) is 32.0 Å². The van der Waals surface area contributed by atoms with Crippen LogP contribution in [0.1, 0.15) is 187 Å². The SMILES string of the molecule is CCCCCC/C=C\C/C=C\CCCCCCCCCC(=O)NC(COC1OC(CO)C(OC2OC(CO)C(O)C(O)C2O)C(O)C1O)C(O)/C=C/CC/C=C/CC/C=C/CCCCCCCCC. The second kappa shape index (κ2) is 41.2. The van der Waals surface area contributed by atoms with E-state index in [1.54, 1.807) is 6.08 Å². The topological polar surface area (TPSA) is 228 Å². The molecule has 1 amide bonds. The summed E-state index contributed by atoms with van der Waals surface area (Å²) < 4.78 is 22.7. The van der Waals surface area contributed by atoms with Crippen molar-refractivity contribution in [1.29, 1.82) is 0 Å². The van der Waals surface area contributed by atoms with E-state index in [2.05, 4.69) is 67.8 Å². The molecule has 14 heteroatoms. The number of ether oxygens (including phenoxy) is 4. The van der Waals surface area contributed by atoms with Crippen molar-refractivity contribution >= 4 is 5.91 Å². The van der Waals surface area contributed by atoms with Gasteiger partial charge < -0.3 is 65.1 Å². The zero-order valence-corrected chi connectivity index (χ0v) is 42.5. The second-order valence-electron chi connectivity index (χ2n) is 19.0. The maximum absolute atomic E-state index is 13.2. The van der Waals surface area contributed by atoms with Crippen LogP contribution in [0.15, 0.2) is 60.8 Å². The number of aliphatic hydroxyl groups is 8. The fourth-order valence-corrected chi connectivity index (χ4v) is 8.47. The number of carbonyl (C=O) groups excluding carboxylic acids is 1. The first-order chi connectivity index (χ1) is 33.6. The number of aliphatic hydroxyl groups excluding tert-OH is 8. The van der Waals surface area contributed by atoms with Crippen molar-refractivity contribution in [2.45, 2.75) is 261 Å². The van der Waals surface area contributed by atoms with Gasteiger partial charge in [-0.3, -0.25) is 4.79 Å². The molecule has 0 aromatic heterocycles. The predicted molar refractivity (Wildman–Crippen MR) is 272 cm³/mol. The highest BCUT2D eigenvalue weighted by atomic mass is 16.7. The van der Waals surface area contributed by atoms with Gasteiger partial charge in [0.25, 0.3) is 0 Å². The van der Waals surface area contributed by atoms with Gasteiger partial charge in [-0.25, -0.2) is 0 Å². The number of unbranched alkanes of at least 4 members (excludes halogenated alkanes) is 20. The standard InChI is InChI=1S/C55H97NO13/c1-3-5-7-9-11-13-15-17-19-21-23-25-27-29-31-33-35-37-39-47(60)56-43(44(59)38-36-34-32-30-28-26-24-22-20-18-16-14-12-10-8-6-4-2)42-66-54-52(65)50(63)53(46(41-58)68-54)69-55-51(64)49(62)48(61)45(40-57)67-55/h13,15,19-22,28,30,36,38,43-46,48-55,57-59,61-65H,3-12,14,16-18,23-27,29,31-35,37,39-42H2,1-2H3,(H,56,60)/b15-13-,21-19-,22-20+,30-28+,38-36+. The van der Waals surface area contributed by atoms with Gasteiger partial charge in [-0.2, -0.15) is 0 Å². The van der Waals surface area contributed by atoms with Gasteiger partial charge in [-0.15, -0.1) is 0 Å². The highest BCUT2D eigenvalue weighted by Gasteiger charge is 2.51. The van der Waals surface area contributed by atoms with Gasteiger partial charge in [-0.1, -0.05) is 164 Å². The minimum Gasteiger partial charge on any atom is -0.394 e. The fraction of sp³-hybridized carbons (Fsp3) is 0.800. The summed E-state index contributed by atoms with van der Waals surface area (Å²) in [6, 6.07) is -0.943. The van der Waals surface area contributed by atoms with Crippen molar-refractivity contribution in [2.75, 3.05) is 19.8 Å². The van der Waals surface area contributed by atoms with E-state index in [4.69, 9.17) is 18.9 Å². The Morgan fingerprint density at radius 1 is 0.522 bits per heavy atom. The molecule has 0 spiro atoms. The average molecular weight is 980 g/mol. The zero-order chi connectivity index (χ0) is 50.3. The van der Waals surface area contributed by atoms with Crippen molar-refractivity contribution in [3.8, 4) is 0 Å². The van der Waals surface area contributed by atoms with E-state index in [1.165, 1.54) is 89.9 Å². The molecule has 9 N–H and O–H groups in total. The zero-order valence-electron chi connectivity index (χ0n) is 42.5. The Morgan fingerprint density at radius 3 is 1.52 bits per heavy atom. The fourth-order valence-electron chi connectivity index (χ4n) is 8.47. The van der Waals surface area contributed by atoms with Gasteiger partial charge in [0, 0.05) is 6.42 Å². The van der Waals surface area contributed by atoms with Crippen molar-refractivity contribution in [3.63, 3.8) is 0 Å². The summed E-state index contributed by atoms with van der Waals surface area (Å²) in [6.45, 7) is 2.72. The lowest BCUT2D eigenvalue weighted by atomic mass is 9.97. The Labute approximate surface area is 416 Å². The van der Waals surface area contributed by atoms with Gasteiger partial charge in [0.1, 0.15) is 48.8 Å². The summed E-state index contributed by atoms with van der Waals surface area (Å²) in [4.78, 5) is 13.2. The van der Waals surface area contributed by atoms with Crippen LogP contribution >= 0.6 is 0 Å². The largest absolute Gasteiger partial charge is 0.394 e. The van der Waals surface area contributed by atoms with E-state index >= 15 is 0 Å². The lowest BCUT2D eigenvalue weighted by Gasteiger charge is -2.46. The minimum absolute atomic E-state index is 0.259. The van der Waals surface area contributed by atoms with E-state index in [0.29, 0.717) is 12.8 Å². The maximum Gasteiger partial charge on any atom is 0.220 e. The molecule has 0 aliphatic carbocycles. The number of amides is 1. The number of carbonyl (C=O) groups is 1. The first-order valence-corrected chi connectivity index (χ1v) is 27.0. The molecule has 2 aliphatic rings. The number of nitrogens with one attached hydrogen (secondary N) is 1. The predicted octanol–water partition coefficient (Wildman–Crippen LogP) is 7.83. The quantitative estimate of drug-likeness (QED) is 0.0211. The summed E-state index contributed by atoms with van der Waals surface area (Å²) in [7, 11) is 0. The Morgan fingerprint density at radius 2 is 0.971 bits per heavy atom. The molecule has 14 nitrogen and oxygen atoms in total. The lowest BCUT2D eigenvalue weighted by molar-refractivity contribution is -0.359. The van der Waals surface area contributed by atoms with Gasteiger partial charge in [0.2, 0.25) is 5.91 Å². The molecule has 0 aromatic carbocycles. The summed E-state index contributed by atoms with van der Waals surface area (Å²) in [6.07, 6.45) is 33.9. The van der Waals surface area contributed by atoms with Gasteiger partial charge in [0.15, 0.2) is 12.6 Å². The van der Waals surface area contributed by atoms with Gasteiger partial charge >= 0.3 is 0 Å². The molecule has 0 aromatic rings. The molecule has 400 valence electrons. The highest BCUT2D eigenvalue weighted by Crippen LogP contribution is 2.30. The molecule has 2 fully saturated rings. The molecule has 69 heavy (non-hydrogen) atoms. The smallest absolute Gasteiger partial charge is 0.220 e. The van der Waals surface area contributed by atoms with Crippen molar-refractivity contribution in [2.24, 2.45) is 0 Å². The second-order valence-corrected chi connectivity index (χ2v) is 19.0. The lowest BCUT2D eigenvalue weighted by Crippen LogP contribution is -2.65. The first kappa shape index (κ1) is 62.8. The number of rotatable bonds is 41. The molecular formula is C55H97NO13. The molecule has 2 heterocycles. The molecule has 0 radical (unpaired) electrons. The van der Waals surface area contributed by atoms with Crippen LogP contribution in [0.5, 0.6) is 0 Å². The van der Waals surface area contributed by atoms with E-state index in [-0.39, 0.29) is 18.9 Å². The van der Waals surface area contributed by atoms with Crippen LogP contribution < -0.4 is 5.32 Å². The van der Waals surface area contributed by atoms with Crippen LogP contribution in [0.25, 0.3) is 0 Å². The van der Waals surface area contributed by atoms with Crippen LogP contribution in [-0.2, 0) is 23.7 Å². The van der Waals surface area contributed by atoms with Crippen molar-refractivity contribution in [3.05, 3.63) is 60.8 Å². The molecule has 12 unspecified atom stereocenters. The Hall–Kier alpha value is -2.31. The van der Waals surface area contributed by atoms with Crippen LogP contribution in [0, 0.1) is 0 Å². The molecule has 2 aliphatic heterocycles. The molecule has 2 saturated heterocycles. The van der Waals surface area contributed by atoms with Crippen LogP contribution in [0.4, 0.5) is 0 Å². The third-order valence-corrected chi connectivity index (χ3v) is 12.9. The molecule has 0 saturated carbocycles. The van der Waals surface area contributed by atoms with Gasteiger partial charge in [-0.05, 0) is 77.0 Å². The summed E-state index contributed by atoms with van der Waals surface area (Å²) in [5, 5.41) is 86.8. The first-order valence-electron chi connectivity index (χ1n) is 27.0. The minimum atomic E-state index is -1.79. The van der Waals surface area contributed by atoms with Crippen molar-refractivity contribution < 1.29 is 64.6 Å². The summed E-state index contributed by atoms with van der Waals surface area (Å²) >= 11 is 0. The monoisotopic (exact) mass is 980 g/mol. The summed E-state index contributed by atoms with van der Waals surface area (Å²) in [5.74, 6) is -0.264. The van der Waals surface area contributed by atoms with Crippen LogP contribution in [0.2, 0.25) is 0 Å².